The Balaban J connectivity index is 2.44. The van der Waals surface area contributed by atoms with E-state index >= 15 is 0 Å². The summed E-state index contributed by atoms with van der Waals surface area (Å²) in [5.74, 6) is -0.125. The number of hydrogen-bond acceptors (Lipinski definition) is 4. The van der Waals surface area contributed by atoms with Crippen LogP contribution in [0.4, 0.5) is 0 Å². The number of ether oxygens (including phenoxy) is 1. The van der Waals surface area contributed by atoms with Gasteiger partial charge in [-0.05, 0) is 19.1 Å². The zero-order valence-corrected chi connectivity index (χ0v) is 12.4. The van der Waals surface area contributed by atoms with Gasteiger partial charge >= 0.3 is 5.97 Å². The molecule has 4 nitrogen and oxygen atoms in total. The minimum atomic E-state index is -0.511. The smallest absolute Gasteiger partial charge is 0.357 e. The molecular weight excluding hydrogens is 332 g/mol. The number of carbonyl (C=O) groups is 1. The summed E-state index contributed by atoms with van der Waals surface area (Å²) in [6, 6.07) is 8.82. The zero-order valence-electron chi connectivity index (χ0n) is 10.1. The van der Waals surface area contributed by atoms with Gasteiger partial charge in [0.05, 0.1) is 6.61 Å². The Morgan fingerprint density at radius 1 is 1.37 bits per heavy atom. The van der Waals surface area contributed by atoms with Crippen molar-refractivity contribution < 1.29 is 9.53 Å². The molecule has 1 aromatic carbocycles. The molecule has 6 heteroatoms. The molecule has 0 spiro atoms. The summed E-state index contributed by atoms with van der Waals surface area (Å²) >= 11 is 9.28. The van der Waals surface area contributed by atoms with Crippen LogP contribution in [-0.2, 0) is 4.74 Å². The van der Waals surface area contributed by atoms with Crippen molar-refractivity contribution in [1.82, 2.24) is 9.97 Å². The van der Waals surface area contributed by atoms with Gasteiger partial charge in [0.1, 0.15) is 5.15 Å². The number of hydrogen-bond donors (Lipinski definition) is 0. The lowest BCUT2D eigenvalue weighted by atomic mass is 10.2. The molecule has 0 bridgehead atoms. The molecule has 0 N–H and O–H groups in total. The fourth-order valence-corrected chi connectivity index (χ4v) is 2.07. The largest absolute Gasteiger partial charge is 0.461 e. The molecular formula is C13H10BrClN2O2. The van der Waals surface area contributed by atoms with E-state index in [2.05, 4.69) is 25.9 Å². The molecule has 0 radical (unpaired) electrons. The predicted octanol–water partition coefficient (Wildman–Crippen LogP) is 3.74. The Morgan fingerprint density at radius 3 is 2.84 bits per heavy atom. The molecule has 0 saturated carbocycles. The normalized spacial score (nSPS) is 10.3. The number of rotatable bonds is 3. The standard InChI is InChI=1S/C13H10BrClN2O2/c1-2-19-13(18)10-7-11(15)17-12(16-10)8-4-3-5-9(14)6-8/h3-7H,2H2,1H3. The second-order valence-electron chi connectivity index (χ2n) is 3.63. The SMILES string of the molecule is CCOC(=O)c1cc(Cl)nc(-c2cccc(Br)c2)n1. The Kier molecular flexibility index (Phi) is 4.50. The number of esters is 1. The first-order chi connectivity index (χ1) is 9.10. The lowest BCUT2D eigenvalue weighted by molar-refractivity contribution is 0.0519. The van der Waals surface area contributed by atoms with Crippen molar-refractivity contribution >= 4 is 33.5 Å². The summed E-state index contributed by atoms with van der Waals surface area (Å²) in [6.45, 7) is 2.02. The van der Waals surface area contributed by atoms with E-state index in [4.69, 9.17) is 16.3 Å². The molecule has 19 heavy (non-hydrogen) atoms. The minimum absolute atomic E-state index is 0.150. The molecule has 2 rings (SSSR count). The Bertz CT molecular complexity index is 619. The van der Waals surface area contributed by atoms with Crippen LogP contribution in [0.15, 0.2) is 34.8 Å². The topological polar surface area (TPSA) is 52.1 Å². The highest BCUT2D eigenvalue weighted by Crippen LogP contribution is 2.22. The van der Waals surface area contributed by atoms with Crippen molar-refractivity contribution in [3.63, 3.8) is 0 Å². The van der Waals surface area contributed by atoms with Gasteiger partial charge in [-0.2, -0.15) is 0 Å². The monoisotopic (exact) mass is 340 g/mol. The van der Waals surface area contributed by atoms with Gasteiger partial charge in [0.15, 0.2) is 11.5 Å². The summed E-state index contributed by atoms with van der Waals surface area (Å²) < 4.78 is 5.80. The van der Waals surface area contributed by atoms with Gasteiger partial charge in [-0.1, -0.05) is 39.7 Å². The van der Waals surface area contributed by atoms with Crippen LogP contribution in [0, 0.1) is 0 Å². The highest BCUT2D eigenvalue weighted by molar-refractivity contribution is 9.10. The maximum Gasteiger partial charge on any atom is 0.357 e. The minimum Gasteiger partial charge on any atom is -0.461 e. The first-order valence-electron chi connectivity index (χ1n) is 5.58. The number of carbonyl (C=O) groups excluding carboxylic acids is 1. The number of aromatic nitrogens is 2. The van der Waals surface area contributed by atoms with Crippen molar-refractivity contribution in [2.45, 2.75) is 6.92 Å². The van der Waals surface area contributed by atoms with Crippen LogP contribution in [0.25, 0.3) is 11.4 Å². The van der Waals surface area contributed by atoms with Gasteiger partial charge in [0.25, 0.3) is 0 Å². The molecule has 0 atom stereocenters. The molecule has 0 amide bonds. The molecule has 0 aliphatic heterocycles. The zero-order chi connectivity index (χ0) is 13.8. The second kappa shape index (κ2) is 6.12. The third kappa shape index (κ3) is 3.52. The summed E-state index contributed by atoms with van der Waals surface area (Å²) in [4.78, 5) is 20.0. The number of nitrogens with zero attached hydrogens (tertiary/aromatic N) is 2. The van der Waals surface area contributed by atoms with Crippen LogP contribution >= 0.6 is 27.5 Å². The average Bonchev–Trinajstić information content (AvgIpc) is 2.38. The Morgan fingerprint density at radius 2 is 2.16 bits per heavy atom. The summed E-state index contributed by atoms with van der Waals surface area (Å²) in [6.07, 6.45) is 0. The molecule has 0 aliphatic rings. The molecule has 2 aromatic rings. The van der Waals surface area contributed by atoms with Crippen molar-refractivity contribution in [2.24, 2.45) is 0 Å². The molecule has 0 fully saturated rings. The third-order valence-electron chi connectivity index (χ3n) is 2.26. The molecule has 98 valence electrons. The maximum atomic E-state index is 11.7. The highest BCUT2D eigenvalue weighted by Gasteiger charge is 2.13. The maximum absolute atomic E-state index is 11.7. The van der Waals surface area contributed by atoms with Gasteiger partial charge in [-0.3, -0.25) is 0 Å². The molecule has 0 unspecified atom stereocenters. The summed E-state index contributed by atoms with van der Waals surface area (Å²) in [5, 5.41) is 0.202. The van der Waals surface area contributed by atoms with Gasteiger partial charge in [-0.15, -0.1) is 0 Å². The fourth-order valence-electron chi connectivity index (χ4n) is 1.48. The van der Waals surface area contributed by atoms with E-state index in [-0.39, 0.29) is 17.5 Å². The van der Waals surface area contributed by atoms with Crippen molar-refractivity contribution in [1.29, 1.82) is 0 Å². The average molecular weight is 342 g/mol. The van der Waals surface area contributed by atoms with E-state index in [1.54, 1.807) is 6.92 Å². The highest BCUT2D eigenvalue weighted by atomic mass is 79.9. The van der Waals surface area contributed by atoms with E-state index in [1.165, 1.54) is 6.07 Å². The first kappa shape index (κ1) is 14.0. The van der Waals surface area contributed by atoms with Crippen molar-refractivity contribution in [3.8, 4) is 11.4 Å². The van der Waals surface area contributed by atoms with Gasteiger partial charge in [-0.25, -0.2) is 14.8 Å². The van der Waals surface area contributed by atoms with Gasteiger partial charge in [0.2, 0.25) is 0 Å². The van der Waals surface area contributed by atoms with E-state index in [0.717, 1.165) is 10.0 Å². The summed E-state index contributed by atoms with van der Waals surface area (Å²) in [5.41, 5.74) is 0.916. The van der Waals surface area contributed by atoms with E-state index in [1.807, 2.05) is 24.3 Å². The second-order valence-corrected chi connectivity index (χ2v) is 4.93. The van der Waals surface area contributed by atoms with E-state index in [9.17, 15) is 4.79 Å². The number of benzene rings is 1. The number of halogens is 2. The molecule has 1 heterocycles. The summed E-state index contributed by atoms with van der Waals surface area (Å²) in [7, 11) is 0. The quantitative estimate of drug-likeness (QED) is 0.630. The van der Waals surface area contributed by atoms with Crippen molar-refractivity contribution in [2.75, 3.05) is 6.61 Å². The first-order valence-corrected chi connectivity index (χ1v) is 6.75. The Labute approximate surface area is 123 Å². The Hall–Kier alpha value is -1.46. The van der Waals surface area contributed by atoms with Crippen molar-refractivity contribution in [3.05, 3.63) is 45.7 Å². The fraction of sp³-hybridized carbons (Fsp3) is 0.154. The van der Waals surface area contributed by atoms with Crippen LogP contribution in [-0.4, -0.2) is 22.5 Å². The molecule has 0 aliphatic carbocycles. The van der Waals surface area contributed by atoms with Crippen LogP contribution in [0.3, 0.4) is 0 Å². The predicted molar refractivity (Wildman–Crippen MR) is 76.1 cm³/mol. The lowest BCUT2D eigenvalue weighted by Gasteiger charge is -2.05. The van der Waals surface area contributed by atoms with Gasteiger partial charge < -0.3 is 4.74 Å². The van der Waals surface area contributed by atoms with Gasteiger partial charge in [0, 0.05) is 16.1 Å². The van der Waals surface area contributed by atoms with Crippen LogP contribution < -0.4 is 0 Å². The van der Waals surface area contributed by atoms with E-state index in [0.29, 0.717) is 5.82 Å². The van der Waals surface area contributed by atoms with E-state index < -0.39 is 5.97 Å². The van der Waals surface area contributed by atoms with Crippen LogP contribution in [0.2, 0.25) is 5.15 Å². The molecule has 0 saturated heterocycles. The van der Waals surface area contributed by atoms with Crippen LogP contribution in [0.5, 0.6) is 0 Å². The third-order valence-corrected chi connectivity index (χ3v) is 2.95. The molecule has 1 aromatic heterocycles. The lowest BCUT2D eigenvalue weighted by Crippen LogP contribution is -2.08. The van der Waals surface area contributed by atoms with Crippen LogP contribution in [0.1, 0.15) is 17.4 Å².